The molecule has 130 valence electrons. The van der Waals surface area contributed by atoms with E-state index in [-0.39, 0.29) is 17.2 Å². The second kappa shape index (κ2) is 6.90. The number of aromatic nitrogens is 2. The lowest BCUT2D eigenvalue weighted by atomic mass is 9.98. The number of hydrogen-bond donors (Lipinski definition) is 1. The zero-order valence-corrected chi connectivity index (χ0v) is 14.3. The number of hydrogen-bond acceptors (Lipinski definition) is 4. The Labute approximate surface area is 140 Å². The second-order valence-corrected chi connectivity index (χ2v) is 7.51. The quantitative estimate of drug-likeness (QED) is 0.861. The van der Waals surface area contributed by atoms with Crippen LogP contribution < -0.4 is 9.46 Å². The summed E-state index contributed by atoms with van der Waals surface area (Å²) in [6.07, 6.45) is 6.18. The molecule has 0 amide bonds. The van der Waals surface area contributed by atoms with Crippen molar-refractivity contribution >= 4 is 10.0 Å². The molecular weight excluding hydrogens is 333 g/mol. The molecule has 0 radical (unpaired) electrons. The maximum atomic E-state index is 13.7. The van der Waals surface area contributed by atoms with Gasteiger partial charge >= 0.3 is 0 Å². The van der Waals surface area contributed by atoms with Crippen LogP contribution in [0.2, 0.25) is 0 Å². The molecule has 6 nitrogen and oxygen atoms in total. The maximum Gasteiger partial charge on any atom is 0.240 e. The minimum Gasteiger partial charge on any atom is -0.494 e. The van der Waals surface area contributed by atoms with Crippen LogP contribution >= 0.6 is 0 Å². The number of rotatable bonds is 6. The predicted molar refractivity (Wildman–Crippen MR) is 87.0 cm³/mol. The van der Waals surface area contributed by atoms with Crippen molar-refractivity contribution < 1.29 is 17.5 Å². The lowest BCUT2D eigenvalue weighted by Crippen LogP contribution is -2.28. The van der Waals surface area contributed by atoms with Crippen LogP contribution in [0.25, 0.3) is 0 Å². The summed E-state index contributed by atoms with van der Waals surface area (Å²) in [5, 5.41) is 4.33. The van der Waals surface area contributed by atoms with Crippen LogP contribution in [-0.2, 0) is 29.4 Å². The van der Waals surface area contributed by atoms with E-state index in [1.807, 2.05) is 10.9 Å². The first kappa shape index (κ1) is 16.9. The number of halogens is 1. The molecule has 0 atom stereocenters. The van der Waals surface area contributed by atoms with Crippen molar-refractivity contribution in [3.63, 3.8) is 0 Å². The van der Waals surface area contributed by atoms with Gasteiger partial charge in [-0.1, -0.05) is 0 Å². The molecule has 0 saturated heterocycles. The average molecular weight is 353 g/mol. The molecule has 1 aromatic heterocycles. The molecule has 0 spiro atoms. The molecule has 24 heavy (non-hydrogen) atoms. The van der Waals surface area contributed by atoms with Gasteiger partial charge in [0.2, 0.25) is 10.0 Å². The van der Waals surface area contributed by atoms with Crippen LogP contribution in [0.4, 0.5) is 4.39 Å². The van der Waals surface area contributed by atoms with E-state index in [0.717, 1.165) is 25.3 Å². The molecule has 1 aliphatic rings. The molecule has 0 aliphatic heterocycles. The summed E-state index contributed by atoms with van der Waals surface area (Å²) >= 11 is 0. The molecule has 1 aromatic carbocycles. The maximum absolute atomic E-state index is 13.7. The van der Waals surface area contributed by atoms with Gasteiger partial charge in [-0.2, -0.15) is 5.10 Å². The van der Waals surface area contributed by atoms with Crippen molar-refractivity contribution in [3.8, 4) is 5.75 Å². The van der Waals surface area contributed by atoms with Crippen LogP contribution in [0, 0.1) is 5.82 Å². The Morgan fingerprint density at radius 2 is 2.12 bits per heavy atom. The van der Waals surface area contributed by atoms with Crippen LogP contribution in [0.3, 0.4) is 0 Å². The zero-order valence-electron chi connectivity index (χ0n) is 13.5. The first-order chi connectivity index (χ1) is 11.5. The lowest BCUT2D eigenvalue weighted by molar-refractivity contribution is 0.385. The third-order valence-corrected chi connectivity index (χ3v) is 5.65. The van der Waals surface area contributed by atoms with E-state index < -0.39 is 15.8 Å². The summed E-state index contributed by atoms with van der Waals surface area (Å²) in [4.78, 5) is -0.122. The number of fused-ring (bicyclic) bond motifs is 1. The number of nitrogens with one attached hydrogen (secondary N) is 1. The number of aryl methyl sites for hydroxylation is 1. The molecule has 0 unspecified atom stereocenters. The van der Waals surface area contributed by atoms with Gasteiger partial charge in [0.25, 0.3) is 0 Å². The van der Waals surface area contributed by atoms with Gasteiger partial charge in [0.1, 0.15) is 0 Å². The van der Waals surface area contributed by atoms with Crippen LogP contribution in [-0.4, -0.2) is 31.9 Å². The summed E-state index contributed by atoms with van der Waals surface area (Å²) in [7, 11) is -2.44. The molecule has 0 fully saturated rings. The molecule has 1 heterocycles. The molecule has 8 heteroatoms. The van der Waals surface area contributed by atoms with Crippen LogP contribution in [0.15, 0.2) is 29.3 Å². The van der Waals surface area contributed by atoms with Gasteiger partial charge in [0.15, 0.2) is 11.6 Å². The van der Waals surface area contributed by atoms with E-state index in [2.05, 4.69) is 9.82 Å². The van der Waals surface area contributed by atoms with Crippen molar-refractivity contribution in [1.29, 1.82) is 0 Å². The van der Waals surface area contributed by atoms with Gasteiger partial charge in [-0.15, -0.1) is 0 Å². The molecular formula is C16H20FN3O3S. The first-order valence-electron chi connectivity index (χ1n) is 7.88. The lowest BCUT2D eigenvalue weighted by Gasteiger charge is -2.14. The average Bonchev–Trinajstić information content (AvgIpc) is 2.98. The normalized spacial score (nSPS) is 14.4. The number of methoxy groups -OCH3 is 1. The Morgan fingerprint density at radius 3 is 2.88 bits per heavy atom. The fourth-order valence-electron chi connectivity index (χ4n) is 2.93. The van der Waals surface area contributed by atoms with Gasteiger partial charge in [-0.05, 0) is 49.4 Å². The van der Waals surface area contributed by atoms with Crippen molar-refractivity contribution in [2.45, 2.75) is 37.1 Å². The molecule has 1 aliphatic carbocycles. The Balaban J connectivity index is 1.65. The van der Waals surface area contributed by atoms with E-state index >= 15 is 0 Å². The summed E-state index contributed by atoms with van der Waals surface area (Å²) in [6.45, 7) is 0.650. The van der Waals surface area contributed by atoms with Crippen molar-refractivity contribution in [2.75, 3.05) is 13.7 Å². The topological polar surface area (TPSA) is 73.2 Å². The van der Waals surface area contributed by atoms with Gasteiger partial charge < -0.3 is 4.74 Å². The minimum atomic E-state index is -3.77. The number of ether oxygens (including phenoxy) is 1. The summed E-state index contributed by atoms with van der Waals surface area (Å²) < 4.78 is 47.3. The van der Waals surface area contributed by atoms with Crippen LogP contribution in [0.1, 0.15) is 24.1 Å². The predicted octanol–water partition coefficient (Wildman–Crippen LogP) is 1.89. The highest BCUT2D eigenvalue weighted by atomic mass is 32.2. The highest BCUT2D eigenvalue weighted by Crippen LogP contribution is 2.21. The van der Waals surface area contributed by atoms with E-state index in [1.54, 1.807) is 0 Å². The molecule has 1 N–H and O–H groups in total. The van der Waals surface area contributed by atoms with E-state index in [0.29, 0.717) is 6.54 Å². The number of sulfonamides is 1. The monoisotopic (exact) mass is 353 g/mol. The van der Waals surface area contributed by atoms with Crippen molar-refractivity contribution in [1.82, 2.24) is 14.5 Å². The minimum absolute atomic E-state index is 0.0112. The number of benzene rings is 1. The van der Waals surface area contributed by atoms with Gasteiger partial charge in [-0.25, -0.2) is 17.5 Å². The van der Waals surface area contributed by atoms with Gasteiger partial charge in [0.05, 0.1) is 24.7 Å². The Morgan fingerprint density at radius 1 is 1.33 bits per heavy atom. The van der Waals surface area contributed by atoms with Gasteiger partial charge in [-0.3, -0.25) is 4.68 Å². The third-order valence-electron chi connectivity index (χ3n) is 4.19. The van der Waals surface area contributed by atoms with E-state index in [4.69, 9.17) is 4.74 Å². The summed E-state index contributed by atoms with van der Waals surface area (Å²) in [5.74, 6) is -0.696. The molecule has 3 rings (SSSR count). The van der Waals surface area contributed by atoms with Crippen molar-refractivity contribution in [3.05, 3.63) is 41.5 Å². The highest BCUT2D eigenvalue weighted by molar-refractivity contribution is 7.89. The first-order valence-corrected chi connectivity index (χ1v) is 9.36. The fraction of sp³-hybridized carbons (Fsp3) is 0.438. The highest BCUT2D eigenvalue weighted by Gasteiger charge is 2.18. The number of nitrogens with zero attached hydrogens (tertiary/aromatic N) is 2. The standard InChI is InChI=1S/C16H20FN3O3S/c1-23-16-7-6-13(10-14(16)17)24(21,22)19-8-9-20-15-5-3-2-4-12(15)11-18-20/h6-7,10-11,19H,2-5,8-9H2,1H3. The Hall–Kier alpha value is -1.93. The smallest absolute Gasteiger partial charge is 0.240 e. The SMILES string of the molecule is COc1ccc(S(=O)(=O)NCCn2ncc3c2CCCC3)cc1F. The third kappa shape index (κ3) is 3.44. The van der Waals surface area contributed by atoms with E-state index in [1.165, 1.54) is 36.9 Å². The van der Waals surface area contributed by atoms with Gasteiger partial charge in [0, 0.05) is 12.2 Å². The summed E-state index contributed by atoms with van der Waals surface area (Å²) in [5.41, 5.74) is 2.44. The Kier molecular flexibility index (Phi) is 4.86. The second-order valence-electron chi connectivity index (χ2n) is 5.74. The largest absolute Gasteiger partial charge is 0.494 e. The van der Waals surface area contributed by atoms with Crippen LogP contribution in [0.5, 0.6) is 5.75 Å². The Bertz CT molecular complexity index is 833. The van der Waals surface area contributed by atoms with Crippen molar-refractivity contribution in [2.24, 2.45) is 0 Å². The molecule has 2 aromatic rings. The summed E-state index contributed by atoms with van der Waals surface area (Å²) in [6, 6.07) is 3.57. The fourth-order valence-corrected chi connectivity index (χ4v) is 3.96. The molecule has 0 saturated carbocycles. The molecule has 0 bridgehead atoms. The van der Waals surface area contributed by atoms with E-state index in [9.17, 15) is 12.8 Å². The zero-order chi connectivity index (χ0) is 17.2.